The fraction of sp³-hybridized carbons (Fsp3) is 0.375. The second-order valence-corrected chi connectivity index (χ2v) is 5.95. The Morgan fingerprint density at radius 1 is 1.21 bits per heavy atom. The number of rotatable bonds is 4. The highest BCUT2D eigenvalue weighted by Gasteiger charge is 2.35. The van der Waals surface area contributed by atoms with Crippen LogP contribution < -0.4 is 5.32 Å². The van der Waals surface area contributed by atoms with Gasteiger partial charge in [0.15, 0.2) is 0 Å². The maximum Gasteiger partial charge on any atom is 0.418 e. The van der Waals surface area contributed by atoms with Crippen molar-refractivity contribution in [2.75, 3.05) is 18.5 Å². The Morgan fingerprint density at radius 3 is 2.58 bits per heavy atom. The number of alkyl halides is 3. The van der Waals surface area contributed by atoms with Crippen molar-refractivity contribution in [3.63, 3.8) is 0 Å². The molecule has 1 aliphatic rings. The highest BCUT2D eigenvalue weighted by Crippen LogP contribution is 2.36. The van der Waals surface area contributed by atoms with Crippen LogP contribution >= 0.6 is 11.6 Å². The van der Waals surface area contributed by atoms with Crippen molar-refractivity contribution < 1.29 is 17.9 Å². The molecule has 1 fully saturated rings. The number of nitrogens with zero attached hydrogens (tertiary/aromatic N) is 2. The summed E-state index contributed by atoms with van der Waals surface area (Å²) < 4.78 is 45.6. The van der Waals surface area contributed by atoms with Crippen molar-refractivity contribution in [2.45, 2.75) is 25.1 Å². The van der Waals surface area contributed by atoms with Gasteiger partial charge in [-0.3, -0.25) is 0 Å². The molecule has 1 atom stereocenters. The van der Waals surface area contributed by atoms with E-state index in [9.17, 15) is 13.2 Å². The standard InChI is InChI=1S/C16H15ClF3N3O/c17-11-5-3-10(4-6-11)15-13(16(18,19)20)8-14(22-23-15)21-9-12-2-1-7-24-12/h3-6,8,12H,1-2,7,9H2,(H,21,22)/t12-/m1/s1. The van der Waals surface area contributed by atoms with Gasteiger partial charge in [0, 0.05) is 23.7 Å². The summed E-state index contributed by atoms with van der Waals surface area (Å²) in [6, 6.07) is 6.98. The summed E-state index contributed by atoms with van der Waals surface area (Å²) in [5.41, 5.74) is -0.749. The van der Waals surface area contributed by atoms with E-state index in [2.05, 4.69) is 15.5 Å². The molecule has 1 saturated heterocycles. The number of hydrogen-bond donors (Lipinski definition) is 1. The van der Waals surface area contributed by atoms with Gasteiger partial charge in [-0.1, -0.05) is 23.7 Å². The molecule has 1 aromatic carbocycles. The molecule has 128 valence electrons. The molecular formula is C16H15ClF3N3O. The lowest BCUT2D eigenvalue weighted by molar-refractivity contribution is -0.137. The van der Waals surface area contributed by atoms with Crippen molar-refractivity contribution in [3.8, 4) is 11.3 Å². The van der Waals surface area contributed by atoms with Gasteiger partial charge in [-0.15, -0.1) is 10.2 Å². The molecule has 0 radical (unpaired) electrons. The largest absolute Gasteiger partial charge is 0.418 e. The summed E-state index contributed by atoms with van der Waals surface area (Å²) in [7, 11) is 0. The average Bonchev–Trinajstić information content (AvgIpc) is 3.06. The van der Waals surface area contributed by atoms with E-state index < -0.39 is 11.7 Å². The maximum atomic E-state index is 13.4. The first-order valence-corrected chi connectivity index (χ1v) is 7.87. The zero-order valence-corrected chi connectivity index (χ0v) is 13.4. The lowest BCUT2D eigenvalue weighted by Gasteiger charge is -2.15. The Hall–Kier alpha value is -1.86. The minimum Gasteiger partial charge on any atom is -0.376 e. The van der Waals surface area contributed by atoms with Crippen LogP contribution in [0.3, 0.4) is 0 Å². The molecule has 0 saturated carbocycles. The van der Waals surface area contributed by atoms with Crippen molar-refractivity contribution in [3.05, 3.63) is 40.9 Å². The van der Waals surface area contributed by atoms with E-state index in [4.69, 9.17) is 16.3 Å². The van der Waals surface area contributed by atoms with Crippen LogP contribution in [0.15, 0.2) is 30.3 Å². The molecule has 3 rings (SSSR count). The topological polar surface area (TPSA) is 47.0 Å². The SMILES string of the molecule is FC(F)(F)c1cc(NC[C@H]2CCCO2)nnc1-c1ccc(Cl)cc1. The van der Waals surface area contributed by atoms with Crippen molar-refractivity contribution in [1.82, 2.24) is 10.2 Å². The highest BCUT2D eigenvalue weighted by molar-refractivity contribution is 6.30. The number of benzene rings is 1. The number of hydrogen-bond acceptors (Lipinski definition) is 4. The number of nitrogens with one attached hydrogen (secondary N) is 1. The lowest BCUT2D eigenvalue weighted by Crippen LogP contribution is -2.20. The molecule has 2 heterocycles. The van der Waals surface area contributed by atoms with Crippen LogP contribution in [0.5, 0.6) is 0 Å². The molecule has 0 aliphatic carbocycles. The Balaban J connectivity index is 1.87. The molecule has 0 bridgehead atoms. The number of aromatic nitrogens is 2. The first kappa shape index (κ1) is 17.0. The second-order valence-electron chi connectivity index (χ2n) is 5.51. The molecule has 1 aliphatic heterocycles. The molecule has 24 heavy (non-hydrogen) atoms. The quantitative estimate of drug-likeness (QED) is 0.880. The Kier molecular flexibility index (Phi) is 4.91. The van der Waals surface area contributed by atoms with Gasteiger partial charge in [0.2, 0.25) is 0 Å². The van der Waals surface area contributed by atoms with Crippen molar-refractivity contribution in [1.29, 1.82) is 0 Å². The summed E-state index contributed by atoms with van der Waals surface area (Å²) in [4.78, 5) is 0. The molecule has 8 heteroatoms. The van der Waals surface area contributed by atoms with Gasteiger partial charge in [-0.05, 0) is 31.0 Å². The lowest BCUT2D eigenvalue weighted by atomic mass is 10.1. The Bertz CT molecular complexity index is 701. The summed E-state index contributed by atoms with van der Waals surface area (Å²) in [6.45, 7) is 1.09. The second kappa shape index (κ2) is 6.94. The van der Waals surface area contributed by atoms with Crippen molar-refractivity contribution >= 4 is 17.4 Å². The third-order valence-electron chi connectivity index (χ3n) is 3.75. The van der Waals surface area contributed by atoms with Crippen molar-refractivity contribution in [2.24, 2.45) is 0 Å². The number of anilines is 1. The molecule has 0 unspecified atom stereocenters. The van der Waals surface area contributed by atoms with E-state index in [0.29, 0.717) is 23.7 Å². The molecule has 0 spiro atoms. The Labute approximate surface area is 142 Å². The van der Waals surface area contributed by atoms with Crippen LogP contribution in [0.25, 0.3) is 11.3 Å². The van der Waals surface area contributed by atoms with Crippen LogP contribution in [0.4, 0.5) is 19.0 Å². The summed E-state index contributed by atoms with van der Waals surface area (Å²) in [6.07, 6.45) is -2.70. The summed E-state index contributed by atoms with van der Waals surface area (Å²) in [5.74, 6) is 0.0792. The zero-order chi connectivity index (χ0) is 17.2. The molecule has 4 nitrogen and oxygen atoms in total. The van der Waals surface area contributed by atoms with Gasteiger partial charge < -0.3 is 10.1 Å². The Morgan fingerprint density at radius 2 is 1.96 bits per heavy atom. The molecule has 2 aromatic rings. The van der Waals surface area contributed by atoms with E-state index >= 15 is 0 Å². The average molecular weight is 358 g/mol. The number of ether oxygens (including phenoxy) is 1. The van der Waals surface area contributed by atoms with Gasteiger partial charge in [0.05, 0.1) is 11.7 Å². The van der Waals surface area contributed by atoms with Gasteiger partial charge in [-0.25, -0.2) is 0 Å². The fourth-order valence-electron chi connectivity index (χ4n) is 2.54. The van der Waals surface area contributed by atoms with E-state index in [1.165, 1.54) is 24.3 Å². The fourth-order valence-corrected chi connectivity index (χ4v) is 2.66. The molecule has 0 amide bonds. The maximum absolute atomic E-state index is 13.4. The van der Waals surface area contributed by atoms with E-state index in [1.54, 1.807) is 0 Å². The van der Waals surface area contributed by atoms with Crippen LogP contribution in [-0.4, -0.2) is 29.5 Å². The molecule has 1 aromatic heterocycles. The zero-order valence-electron chi connectivity index (χ0n) is 12.6. The monoisotopic (exact) mass is 357 g/mol. The predicted octanol–water partition coefficient (Wildman–Crippen LogP) is 4.41. The number of halogens is 4. The highest BCUT2D eigenvalue weighted by atomic mass is 35.5. The van der Waals surface area contributed by atoms with Gasteiger partial charge >= 0.3 is 6.18 Å². The van der Waals surface area contributed by atoms with Crippen LogP contribution in [-0.2, 0) is 10.9 Å². The van der Waals surface area contributed by atoms with Gasteiger partial charge in [-0.2, -0.15) is 13.2 Å². The third kappa shape index (κ3) is 3.96. The molecule has 1 N–H and O–H groups in total. The third-order valence-corrected chi connectivity index (χ3v) is 4.00. The van der Waals surface area contributed by atoms with Crippen LogP contribution in [0.2, 0.25) is 5.02 Å². The van der Waals surface area contributed by atoms with Crippen LogP contribution in [0, 0.1) is 0 Å². The molecular weight excluding hydrogens is 343 g/mol. The van der Waals surface area contributed by atoms with Gasteiger partial charge in [0.25, 0.3) is 0 Å². The smallest absolute Gasteiger partial charge is 0.376 e. The first-order chi connectivity index (χ1) is 11.4. The summed E-state index contributed by atoms with van der Waals surface area (Å²) >= 11 is 5.78. The minimum absolute atomic E-state index is 0.00271. The summed E-state index contributed by atoms with van der Waals surface area (Å²) in [5, 5.41) is 10.9. The first-order valence-electron chi connectivity index (χ1n) is 7.50. The van der Waals surface area contributed by atoms with E-state index in [-0.39, 0.29) is 17.6 Å². The van der Waals surface area contributed by atoms with Crippen LogP contribution in [0.1, 0.15) is 18.4 Å². The minimum atomic E-state index is -4.54. The predicted molar refractivity (Wildman–Crippen MR) is 84.9 cm³/mol. The van der Waals surface area contributed by atoms with E-state index in [1.807, 2.05) is 0 Å². The van der Waals surface area contributed by atoms with E-state index in [0.717, 1.165) is 18.9 Å². The normalized spacial score (nSPS) is 17.9. The van der Waals surface area contributed by atoms with Gasteiger partial charge in [0.1, 0.15) is 11.5 Å².